The summed E-state index contributed by atoms with van der Waals surface area (Å²) >= 11 is 3.39. The van der Waals surface area contributed by atoms with Crippen LogP contribution in [0.3, 0.4) is 0 Å². The number of carboxylic acid groups (broad SMARTS) is 1. The fraction of sp³-hybridized carbons (Fsp3) is 0.417. The van der Waals surface area contributed by atoms with E-state index in [-0.39, 0.29) is 6.42 Å². The van der Waals surface area contributed by atoms with Crippen LogP contribution in [0.15, 0.2) is 22.7 Å². The third-order valence-electron chi connectivity index (χ3n) is 2.52. The first-order valence-electron chi connectivity index (χ1n) is 5.28. The molecule has 4 heteroatoms. The predicted octanol–water partition coefficient (Wildman–Crippen LogP) is 2.87. The smallest absolute Gasteiger partial charge is 0.307 e. The van der Waals surface area contributed by atoms with Crippen LogP contribution in [0.2, 0.25) is 0 Å². The number of halogens is 1. The molecule has 0 saturated heterocycles. The van der Waals surface area contributed by atoms with Crippen molar-refractivity contribution in [3.8, 4) is 5.75 Å². The maximum atomic E-state index is 10.6. The molecule has 1 saturated carbocycles. The van der Waals surface area contributed by atoms with E-state index in [2.05, 4.69) is 15.9 Å². The van der Waals surface area contributed by atoms with Crippen LogP contribution in [0.25, 0.3) is 0 Å². The van der Waals surface area contributed by atoms with Crippen molar-refractivity contribution in [2.75, 3.05) is 6.61 Å². The molecule has 0 amide bonds. The second-order valence-electron chi connectivity index (χ2n) is 4.09. The molecule has 1 N–H and O–H groups in total. The van der Waals surface area contributed by atoms with Crippen molar-refractivity contribution in [1.29, 1.82) is 0 Å². The molecule has 2 rings (SSSR count). The summed E-state index contributed by atoms with van der Waals surface area (Å²) in [6.45, 7) is 0.731. The topological polar surface area (TPSA) is 46.5 Å². The highest BCUT2D eigenvalue weighted by molar-refractivity contribution is 9.10. The monoisotopic (exact) mass is 284 g/mol. The van der Waals surface area contributed by atoms with Crippen LogP contribution in [0.1, 0.15) is 18.4 Å². The van der Waals surface area contributed by atoms with E-state index in [0.29, 0.717) is 5.92 Å². The van der Waals surface area contributed by atoms with Crippen LogP contribution in [-0.2, 0) is 11.2 Å². The Labute approximate surface area is 103 Å². The molecule has 86 valence electrons. The highest BCUT2D eigenvalue weighted by atomic mass is 79.9. The lowest BCUT2D eigenvalue weighted by Crippen LogP contribution is -2.03. The Morgan fingerprint density at radius 1 is 1.50 bits per heavy atom. The summed E-state index contributed by atoms with van der Waals surface area (Å²) in [6.07, 6.45) is 2.52. The third-order valence-corrected chi connectivity index (χ3v) is 3.18. The molecular weight excluding hydrogens is 272 g/mol. The Morgan fingerprint density at radius 3 is 2.88 bits per heavy atom. The van der Waals surface area contributed by atoms with E-state index in [1.165, 1.54) is 12.8 Å². The van der Waals surface area contributed by atoms with E-state index in [0.717, 1.165) is 22.4 Å². The van der Waals surface area contributed by atoms with E-state index in [9.17, 15) is 4.79 Å². The van der Waals surface area contributed by atoms with Crippen LogP contribution < -0.4 is 4.74 Å². The first-order valence-corrected chi connectivity index (χ1v) is 6.07. The van der Waals surface area contributed by atoms with Crippen molar-refractivity contribution in [3.63, 3.8) is 0 Å². The highest BCUT2D eigenvalue weighted by Crippen LogP contribution is 2.32. The second kappa shape index (κ2) is 4.87. The van der Waals surface area contributed by atoms with E-state index in [1.54, 1.807) is 12.1 Å². The van der Waals surface area contributed by atoms with Crippen LogP contribution >= 0.6 is 15.9 Å². The lowest BCUT2D eigenvalue weighted by molar-refractivity contribution is -0.136. The number of carbonyl (C=O) groups is 1. The van der Waals surface area contributed by atoms with Crippen LogP contribution in [0.4, 0.5) is 0 Å². The lowest BCUT2D eigenvalue weighted by Gasteiger charge is -2.08. The number of benzene rings is 1. The van der Waals surface area contributed by atoms with E-state index in [4.69, 9.17) is 9.84 Å². The number of ether oxygens (including phenoxy) is 1. The number of rotatable bonds is 5. The molecule has 3 nitrogen and oxygen atoms in total. The summed E-state index contributed by atoms with van der Waals surface area (Å²) in [6, 6.07) is 5.42. The van der Waals surface area contributed by atoms with Gasteiger partial charge in [0.25, 0.3) is 0 Å². The van der Waals surface area contributed by atoms with Crippen molar-refractivity contribution in [2.24, 2.45) is 5.92 Å². The molecule has 0 atom stereocenters. The first kappa shape index (κ1) is 11.5. The maximum Gasteiger partial charge on any atom is 0.307 e. The maximum absolute atomic E-state index is 10.6. The van der Waals surface area contributed by atoms with Crippen molar-refractivity contribution in [1.82, 2.24) is 0 Å². The fourth-order valence-electron chi connectivity index (χ4n) is 1.44. The average molecular weight is 285 g/mol. The summed E-state index contributed by atoms with van der Waals surface area (Å²) < 4.78 is 6.52. The average Bonchev–Trinajstić information content (AvgIpc) is 3.02. The SMILES string of the molecule is O=C(O)Cc1ccc(Br)c(OCC2CC2)c1. The predicted molar refractivity (Wildman–Crippen MR) is 63.7 cm³/mol. The van der Waals surface area contributed by atoms with Gasteiger partial charge in [0, 0.05) is 0 Å². The molecule has 1 fully saturated rings. The minimum Gasteiger partial charge on any atom is -0.492 e. The zero-order valence-corrected chi connectivity index (χ0v) is 10.4. The van der Waals surface area contributed by atoms with Crippen molar-refractivity contribution in [3.05, 3.63) is 28.2 Å². The number of hydrogen-bond donors (Lipinski definition) is 1. The molecule has 16 heavy (non-hydrogen) atoms. The normalized spacial score (nSPS) is 14.8. The van der Waals surface area contributed by atoms with Crippen LogP contribution in [-0.4, -0.2) is 17.7 Å². The van der Waals surface area contributed by atoms with Crippen molar-refractivity contribution >= 4 is 21.9 Å². The summed E-state index contributed by atoms with van der Waals surface area (Å²) in [7, 11) is 0. The van der Waals surface area contributed by atoms with Crippen LogP contribution in [0, 0.1) is 5.92 Å². The van der Waals surface area contributed by atoms with Gasteiger partial charge in [-0.3, -0.25) is 4.79 Å². The van der Waals surface area contributed by atoms with Gasteiger partial charge < -0.3 is 9.84 Å². The standard InChI is InChI=1S/C12H13BrO3/c13-10-4-3-9(6-12(14)15)5-11(10)16-7-8-1-2-8/h3-5,8H,1-2,6-7H2,(H,14,15). The quantitative estimate of drug-likeness (QED) is 0.904. The van der Waals surface area contributed by atoms with Gasteiger partial charge in [0.1, 0.15) is 5.75 Å². The molecule has 0 aromatic heterocycles. The van der Waals surface area contributed by atoms with Crippen LogP contribution in [0.5, 0.6) is 5.75 Å². The molecule has 0 heterocycles. The van der Waals surface area contributed by atoms with Gasteiger partial charge >= 0.3 is 5.97 Å². The van der Waals surface area contributed by atoms with E-state index in [1.807, 2.05) is 6.07 Å². The zero-order chi connectivity index (χ0) is 11.5. The summed E-state index contributed by atoms with van der Waals surface area (Å²) in [5, 5.41) is 8.70. The summed E-state index contributed by atoms with van der Waals surface area (Å²) in [5.41, 5.74) is 0.765. The van der Waals surface area contributed by atoms with E-state index >= 15 is 0 Å². The number of aliphatic carboxylic acids is 1. The zero-order valence-electron chi connectivity index (χ0n) is 8.78. The fourth-order valence-corrected chi connectivity index (χ4v) is 1.80. The molecule has 0 aliphatic heterocycles. The van der Waals surface area contributed by atoms with Gasteiger partial charge in [-0.15, -0.1) is 0 Å². The molecule has 1 aromatic carbocycles. The summed E-state index contributed by atoms with van der Waals surface area (Å²) in [5.74, 6) is 0.608. The van der Waals surface area contributed by atoms with E-state index < -0.39 is 5.97 Å². The lowest BCUT2D eigenvalue weighted by atomic mass is 10.1. The Hall–Kier alpha value is -1.03. The van der Waals surface area contributed by atoms with Gasteiger partial charge in [-0.05, 0) is 52.4 Å². The van der Waals surface area contributed by atoms with Gasteiger partial charge in [0.15, 0.2) is 0 Å². The molecule has 1 aromatic rings. The van der Waals surface area contributed by atoms with Crippen molar-refractivity contribution in [2.45, 2.75) is 19.3 Å². The van der Waals surface area contributed by atoms with Gasteiger partial charge in [-0.1, -0.05) is 6.07 Å². The minimum absolute atomic E-state index is 0.0348. The van der Waals surface area contributed by atoms with Gasteiger partial charge in [0.05, 0.1) is 17.5 Å². The summed E-state index contributed by atoms with van der Waals surface area (Å²) in [4.78, 5) is 10.6. The molecule has 0 spiro atoms. The third kappa shape index (κ3) is 3.23. The van der Waals surface area contributed by atoms with Crippen molar-refractivity contribution < 1.29 is 14.6 Å². The molecular formula is C12H13BrO3. The Morgan fingerprint density at radius 2 is 2.25 bits per heavy atom. The Kier molecular flexibility index (Phi) is 3.49. The van der Waals surface area contributed by atoms with Gasteiger partial charge in [-0.2, -0.15) is 0 Å². The largest absolute Gasteiger partial charge is 0.492 e. The first-order chi connectivity index (χ1) is 7.65. The minimum atomic E-state index is -0.824. The number of carboxylic acids is 1. The molecule has 0 radical (unpaired) electrons. The number of hydrogen-bond acceptors (Lipinski definition) is 2. The molecule has 0 unspecified atom stereocenters. The highest BCUT2D eigenvalue weighted by Gasteiger charge is 2.22. The Balaban J connectivity index is 2.04. The van der Waals surface area contributed by atoms with Gasteiger partial charge in [0.2, 0.25) is 0 Å². The Bertz CT molecular complexity index is 399. The molecule has 0 bridgehead atoms. The molecule has 1 aliphatic rings. The second-order valence-corrected chi connectivity index (χ2v) is 4.94. The molecule has 1 aliphatic carbocycles. The van der Waals surface area contributed by atoms with Gasteiger partial charge in [-0.25, -0.2) is 0 Å².